The molecular weight excluding hydrogens is 308 g/mol. The summed E-state index contributed by atoms with van der Waals surface area (Å²) in [5.41, 5.74) is 4.60. The zero-order valence-electron chi connectivity index (χ0n) is 15.0. The molecule has 2 heterocycles. The van der Waals surface area contributed by atoms with Crippen molar-refractivity contribution in [3.05, 3.63) is 83.1 Å². The largest absolute Gasteiger partial charge is 0.361 e. The van der Waals surface area contributed by atoms with Crippen LogP contribution in [0, 0.1) is 13.8 Å². The molecule has 0 saturated heterocycles. The molecule has 0 aliphatic heterocycles. The summed E-state index contributed by atoms with van der Waals surface area (Å²) in [6.07, 6.45) is 3.58. The minimum atomic E-state index is 0.0583. The Morgan fingerprint density at radius 1 is 1.00 bits per heavy atom. The molecule has 0 bridgehead atoms. The summed E-state index contributed by atoms with van der Waals surface area (Å²) in [7, 11) is 0. The Morgan fingerprint density at radius 3 is 2.48 bits per heavy atom. The third-order valence-corrected chi connectivity index (χ3v) is 4.18. The van der Waals surface area contributed by atoms with Crippen molar-refractivity contribution < 1.29 is 0 Å². The van der Waals surface area contributed by atoms with E-state index in [9.17, 15) is 0 Å². The van der Waals surface area contributed by atoms with Gasteiger partial charge in [-0.2, -0.15) is 0 Å². The van der Waals surface area contributed by atoms with Crippen molar-refractivity contribution in [1.82, 2.24) is 15.0 Å². The minimum Gasteiger partial charge on any atom is -0.361 e. The van der Waals surface area contributed by atoms with Crippen molar-refractivity contribution in [2.45, 2.75) is 39.7 Å². The van der Waals surface area contributed by atoms with Gasteiger partial charge < -0.3 is 5.32 Å². The van der Waals surface area contributed by atoms with Gasteiger partial charge in [-0.25, -0.2) is 9.97 Å². The van der Waals surface area contributed by atoms with Crippen molar-refractivity contribution in [2.24, 2.45) is 0 Å². The molecule has 1 unspecified atom stereocenters. The van der Waals surface area contributed by atoms with Crippen LogP contribution in [0.5, 0.6) is 0 Å². The van der Waals surface area contributed by atoms with Gasteiger partial charge in [0.2, 0.25) is 0 Å². The molecule has 0 amide bonds. The van der Waals surface area contributed by atoms with Gasteiger partial charge in [-0.15, -0.1) is 0 Å². The first kappa shape index (κ1) is 17.1. The Kier molecular flexibility index (Phi) is 5.39. The van der Waals surface area contributed by atoms with Gasteiger partial charge in [0.25, 0.3) is 0 Å². The van der Waals surface area contributed by atoms with E-state index in [0.717, 1.165) is 35.9 Å². The van der Waals surface area contributed by atoms with Crippen LogP contribution in [0.2, 0.25) is 0 Å². The van der Waals surface area contributed by atoms with Crippen LogP contribution in [-0.2, 0) is 12.8 Å². The Hall–Kier alpha value is -2.75. The molecule has 1 N–H and O–H groups in total. The predicted octanol–water partition coefficient (Wildman–Crippen LogP) is 4.45. The third-order valence-electron chi connectivity index (χ3n) is 4.18. The van der Waals surface area contributed by atoms with Crippen LogP contribution in [0.25, 0.3) is 0 Å². The van der Waals surface area contributed by atoms with E-state index in [0.29, 0.717) is 0 Å². The molecule has 0 spiro atoms. The molecule has 0 fully saturated rings. The van der Waals surface area contributed by atoms with Crippen molar-refractivity contribution >= 4 is 5.82 Å². The average Bonchev–Trinajstić information content (AvgIpc) is 2.63. The first-order chi connectivity index (χ1) is 12.1. The molecule has 0 aliphatic rings. The second kappa shape index (κ2) is 7.88. The highest BCUT2D eigenvalue weighted by Gasteiger charge is 2.15. The van der Waals surface area contributed by atoms with E-state index in [4.69, 9.17) is 0 Å². The maximum atomic E-state index is 4.55. The molecule has 0 radical (unpaired) electrons. The van der Waals surface area contributed by atoms with Crippen LogP contribution >= 0.6 is 0 Å². The fourth-order valence-electron chi connectivity index (χ4n) is 2.83. The summed E-state index contributed by atoms with van der Waals surface area (Å²) in [4.78, 5) is 13.6. The van der Waals surface area contributed by atoms with Crippen molar-refractivity contribution in [2.75, 3.05) is 5.32 Å². The number of benzene rings is 1. The van der Waals surface area contributed by atoms with E-state index in [2.05, 4.69) is 64.4 Å². The lowest BCUT2D eigenvalue weighted by molar-refractivity contribution is 0.738. The second-order valence-corrected chi connectivity index (χ2v) is 6.29. The SMILES string of the molecule is CCc1cc(NC(Cc2ccc(C)cc2)c2ccccn2)nc(C)n1. The lowest BCUT2D eigenvalue weighted by Crippen LogP contribution is -2.16. The van der Waals surface area contributed by atoms with Gasteiger partial charge >= 0.3 is 0 Å². The molecule has 4 heteroatoms. The van der Waals surface area contributed by atoms with Crippen molar-refractivity contribution in [1.29, 1.82) is 0 Å². The van der Waals surface area contributed by atoms with Gasteiger partial charge in [0.15, 0.2) is 0 Å². The summed E-state index contributed by atoms with van der Waals surface area (Å²) >= 11 is 0. The number of aryl methyl sites for hydroxylation is 3. The fraction of sp³-hybridized carbons (Fsp3) is 0.286. The Labute approximate surface area is 149 Å². The highest BCUT2D eigenvalue weighted by Crippen LogP contribution is 2.22. The van der Waals surface area contributed by atoms with Crippen LogP contribution in [0.3, 0.4) is 0 Å². The Morgan fingerprint density at radius 2 is 1.80 bits per heavy atom. The van der Waals surface area contributed by atoms with Gasteiger partial charge in [-0.1, -0.05) is 42.8 Å². The summed E-state index contributed by atoms with van der Waals surface area (Å²) in [5, 5.41) is 3.56. The smallest absolute Gasteiger partial charge is 0.130 e. The molecule has 2 aromatic heterocycles. The monoisotopic (exact) mass is 332 g/mol. The standard InChI is InChI=1S/C21H24N4/c1-4-18-14-21(24-16(3)23-18)25-20(19-7-5-6-12-22-19)13-17-10-8-15(2)9-11-17/h5-12,14,20H,4,13H2,1-3H3,(H,23,24,25). The van der Waals surface area contributed by atoms with Gasteiger partial charge in [0.05, 0.1) is 11.7 Å². The maximum absolute atomic E-state index is 4.55. The fourth-order valence-corrected chi connectivity index (χ4v) is 2.83. The normalized spacial score (nSPS) is 12.0. The molecule has 0 aliphatic carbocycles. The molecule has 25 heavy (non-hydrogen) atoms. The summed E-state index contributed by atoms with van der Waals surface area (Å²) in [5.74, 6) is 1.64. The van der Waals surface area contributed by atoms with E-state index in [1.807, 2.05) is 31.3 Å². The van der Waals surface area contributed by atoms with Gasteiger partial charge in [0.1, 0.15) is 11.6 Å². The highest BCUT2D eigenvalue weighted by molar-refractivity contribution is 5.40. The zero-order chi connectivity index (χ0) is 17.6. The highest BCUT2D eigenvalue weighted by atomic mass is 15.1. The number of nitrogens with zero attached hydrogens (tertiary/aromatic N) is 3. The Balaban J connectivity index is 1.88. The average molecular weight is 332 g/mol. The van der Waals surface area contributed by atoms with E-state index >= 15 is 0 Å². The van der Waals surface area contributed by atoms with Crippen molar-refractivity contribution in [3.63, 3.8) is 0 Å². The number of aromatic nitrogens is 3. The summed E-state index contributed by atoms with van der Waals surface area (Å²) in [6.45, 7) is 6.14. The zero-order valence-corrected chi connectivity index (χ0v) is 15.0. The van der Waals surface area contributed by atoms with E-state index < -0.39 is 0 Å². The van der Waals surface area contributed by atoms with E-state index in [-0.39, 0.29) is 6.04 Å². The van der Waals surface area contributed by atoms with Crippen LogP contribution in [0.4, 0.5) is 5.82 Å². The number of nitrogens with one attached hydrogen (secondary N) is 1. The number of pyridine rings is 1. The molecule has 1 aromatic carbocycles. The summed E-state index contributed by atoms with van der Waals surface area (Å²) in [6, 6.07) is 16.8. The molecule has 128 valence electrons. The first-order valence-corrected chi connectivity index (χ1v) is 8.71. The van der Waals surface area contributed by atoms with Crippen LogP contribution in [0.15, 0.2) is 54.7 Å². The van der Waals surface area contributed by atoms with Gasteiger partial charge in [-0.05, 0) is 44.4 Å². The molecule has 3 aromatic rings. The third kappa shape index (κ3) is 4.63. The first-order valence-electron chi connectivity index (χ1n) is 8.71. The second-order valence-electron chi connectivity index (χ2n) is 6.29. The van der Waals surface area contributed by atoms with E-state index in [1.54, 1.807) is 0 Å². The predicted molar refractivity (Wildman–Crippen MR) is 102 cm³/mol. The molecule has 4 nitrogen and oxygen atoms in total. The Bertz CT molecular complexity index is 813. The maximum Gasteiger partial charge on any atom is 0.130 e. The molecule has 0 saturated carbocycles. The quantitative estimate of drug-likeness (QED) is 0.725. The van der Waals surface area contributed by atoms with Crippen molar-refractivity contribution in [3.8, 4) is 0 Å². The number of hydrogen-bond donors (Lipinski definition) is 1. The molecule has 3 rings (SSSR count). The lowest BCUT2D eigenvalue weighted by Gasteiger charge is -2.20. The number of hydrogen-bond acceptors (Lipinski definition) is 4. The summed E-state index contributed by atoms with van der Waals surface area (Å²) < 4.78 is 0. The van der Waals surface area contributed by atoms with E-state index in [1.165, 1.54) is 11.1 Å². The van der Waals surface area contributed by atoms with Gasteiger partial charge in [-0.3, -0.25) is 4.98 Å². The minimum absolute atomic E-state index is 0.0583. The van der Waals surface area contributed by atoms with Crippen LogP contribution in [-0.4, -0.2) is 15.0 Å². The van der Waals surface area contributed by atoms with Crippen LogP contribution < -0.4 is 5.32 Å². The van der Waals surface area contributed by atoms with Crippen LogP contribution in [0.1, 0.15) is 41.3 Å². The number of rotatable bonds is 6. The van der Waals surface area contributed by atoms with Gasteiger partial charge in [0, 0.05) is 18.0 Å². The number of anilines is 1. The topological polar surface area (TPSA) is 50.7 Å². The molecular formula is C21H24N4. The molecule has 1 atom stereocenters. The lowest BCUT2D eigenvalue weighted by atomic mass is 10.0.